The van der Waals surface area contributed by atoms with Crippen LogP contribution in [0.5, 0.6) is 0 Å². The molecule has 0 bridgehead atoms. The Morgan fingerprint density at radius 2 is 1.67 bits per heavy atom. The lowest BCUT2D eigenvalue weighted by Gasteiger charge is -2.35. The summed E-state index contributed by atoms with van der Waals surface area (Å²) in [5.41, 5.74) is 0.413. The average molecular weight is 368 g/mol. The number of hydrogen-bond donors (Lipinski definition) is 0. The number of piperazine rings is 1. The summed E-state index contributed by atoms with van der Waals surface area (Å²) in [5.74, 6) is -0.231. The molecule has 4 rings (SSSR count). The lowest BCUT2D eigenvalue weighted by Crippen LogP contribution is -2.51. The van der Waals surface area contributed by atoms with Crippen LogP contribution in [0.25, 0.3) is 0 Å². The molecule has 0 aliphatic carbocycles. The molecule has 1 saturated heterocycles. The van der Waals surface area contributed by atoms with E-state index < -0.39 is 17.4 Å². The smallest absolute Gasteiger partial charge is 0.268 e. The highest BCUT2D eigenvalue weighted by atomic mass is 16.2. The molecular formula is C18H20N6O3. The summed E-state index contributed by atoms with van der Waals surface area (Å²) in [7, 11) is 1.60. The largest absolute Gasteiger partial charge is 0.338 e. The minimum Gasteiger partial charge on any atom is -0.338 e. The predicted molar refractivity (Wildman–Crippen MR) is 97.6 cm³/mol. The molecule has 0 aromatic carbocycles. The van der Waals surface area contributed by atoms with E-state index >= 15 is 0 Å². The van der Waals surface area contributed by atoms with E-state index in [0.29, 0.717) is 37.8 Å². The van der Waals surface area contributed by atoms with E-state index in [-0.39, 0.29) is 17.8 Å². The van der Waals surface area contributed by atoms with Gasteiger partial charge < -0.3 is 9.47 Å². The fraction of sp³-hybridized carbons (Fsp3) is 0.389. The first-order chi connectivity index (χ1) is 13.0. The zero-order valence-corrected chi connectivity index (χ0v) is 15.3. The molecule has 0 N–H and O–H groups in total. The molecule has 9 heteroatoms. The Kier molecular flexibility index (Phi) is 4.23. The zero-order valence-electron chi connectivity index (χ0n) is 15.3. The van der Waals surface area contributed by atoms with Gasteiger partial charge in [0.2, 0.25) is 5.95 Å². The highest BCUT2D eigenvalue weighted by Crippen LogP contribution is 2.21. The van der Waals surface area contributed by atoms with Gasteiger partial charge in [-0.3, -0.25) is 24.2 Å². The first-order valence-electron chi connectivity index (χ1n) is 8.78. The van der Waals surface area contributed by atoms with Crippen LogP contribution in [-0.4, -0.2) is 69.0 Å². The standard InChI is InChI=1S/C18H20N6O3/c1-12-10-13-14(16(26)21(12)2)17(27)24(15(13)25)11-22-6-8-23(9-7-22)18-19-4-3-5-20-18/h3-5,10H,6-9,11H2,1-2H3. The van der Waals surface area contributed by atoms with Gasteiger partial charge in [-0.1, -0.05) is 0 Å². The van der Waals surface area contributed by atoms with Crippen molar-refractivity contribution < 1.29 is 9.59 Å². The van der Waals surface area contributed by atoms with Gasteiger partial charge >= 0.3 is 0 Å². The summed E-state index contributed by atoms with van der Waals surface area (Å²) in [6.45, 7) is 4.67. The highest BCUT2D eigenvalue weighted by Gasteiger charge is 2.39. The van der Waals surface area contributed by atoms with Crippen LogP contribution in [0, 0.1) is 6.92 Å². The number of hydrogen-bond acceptors (Lipinski definition) is 7. The molecule has 9 nitrogen and oxygen atoms in total. The highest BCUT2D eigenvalue weighted by molar-refractivity contribution is 6.21. The molecule has 27 heavy (non-hydrogen) atoms. The van der Waals surface area contributed by atoms with Crippen molar-refractivity contribution in [3.63, 3.8) is 0 Å². The second kappa shape index (κ2) is 6.58. The van der Waals surface area contributed by atoms with Crippen LogP contribution in [0.2, 0.25) is 0 Å². The number of anilines is 1. The molecule has 1 fully saturated rings. The number of amides is 2. The van der Waals surface area contributed by atoms with Gasteiger partial charge in [0.15, 0.2) is 0 Å². The van der Waals surface area contributed by atoms with Gasteiger partial charge in [0.1, 0.15) is 5.56 Å². The maximum atomic E-state index is 12.7. The molecule has 2 aromatic rings. The second-order valence-electron chi connectivity index (χ2n) is 6.77. The summed E-state index contributed by atoms with van der Waals surface area (Å²) < 4.78 is 1.39. The quantitative estimate of drug-likeness (QED) is 0.696. The SMILES string of the molecule is Cc1cc2c(c(=O)n1C)C(=O)N(CN1CCN(c3ncccn3)CC1)C2=O. The van der Waals surface area contributed by atoms with E-state index in [2.05, 4.69) is 14.9 Å². The zero-order chi connectivity index (χ0) is 19.1. The van der Waals surface area contributed by atoms with Gasteiger partial charge in [-0.2, -0.15) is 0 Å². The van der Waals surface area contributed by atoms with Crippen LogP contribution in [0.4, 0.5) is 5.95 Å². The average Bonchev–Trinajstić information content (AvgIpc) is 2.92. The van der Waals surface area contributed by atoms with Crippen LogP contribution >= 0.6 is 0 Å². The number of carbonyl (C=O) groups excluding carboxylic acids is 2. The fourth-order valence-electron chi connectivity index (χ4n) is 3.44. The van der Waals surface area contributed by atoms with Crippen molar-refractivity contribution in [2.45, 2.75) is 6.92 Å². The first-order valence-corrected chi connectivity index (χ1v) is 8.78. The minimum atomic E-state index is -0.510. The Balaban J connectivity index is 1.47. The second-order valence-corrected chi connectivity index (χ2v) is 6.77. The number of pyridine rings is 1. The Morgan fingerprint density at radius 1 is 1.00 bits per heavy atom. The van der Waals surface area contributed by atoms with E-state index in [0.717, 1.165) is 0 Å². The Hall–Kier alpha value is -3.07. The van der Waals surface area contributed by atoms with E-state index in [1.807, 2.05) is 4.90 Å². The fourth-order valence-corrected chi connectivity index (χ4v) is 3.44. The third-order valence-corrected chi connectivity index (χ3v) is 5.15. The number of aromatic nitrogens is 3. The topological polar surface area (TPSA) is 91.6 Å². The maximum Gasteiger partial charge on any atom is 0.268 e. The van der Waals surface area contributed by atoms with Crippen molar-refractivity contribution in [1.29, 1.82) is 0 Å². The lowest BCUT2D eigenvalue weighted by molar-refractivity contribution is 0.0534. The molecule has 0 atom stereocenters. The third-order valence-electron chi connectivity index (χ3n) is 5.15. The van der Waals surface area contributed by atoms with Gasteiger partial charge in [0, 0.05) is 51.3 Å². The number of imide groups is 1. The van der Waals surface area contributed by atoms with Crippen molar-refractivity contribution in [3.05, 3.63) is 51.7 Å². The van der Waals surface area contributed by atoms with Crippen LogP contribution in [0.1, 0.15) is 26.4 Å². The van der Waals surface area contributed by atoms with Crippen molar-refractivity contribution in [1.82, 2.24) is 24.3 Å². The molecule has 2 aliphatic rings. The number of nitrogens with zero attached hydrogens (tertiary/aromatic N) is 6. The monoisotopic (exact) mass is 368 g/mol. The first kappa shape index (κ1) is 17.3. The lowest BCUT2D eigenvalue weighted by atomic mass is 10.1. The van der Waals surface area contributed by atoms with Gasteiger partial charge in [-0.05, 0) is 19.1 Å². The molecule has 0 spiro atoms. The summed E-state index contributed by atoms with van der Waals surface area (Å²) in [4.78, 5) is 51.5. The van der Waals surface area contributed by atoms with E-state index in [9.17, 15) is 14.4 Å². The van der Waals surface area contributed by atoms with Crippen LogP contribution < -0.4 is 10.5 Å². The summed E-state index contributed by atoms with van der Waals surface area (Å²) in [6.07, 6.45) is 3.41. The Bertz CT molecular complexity index is 963. The number of fused-ring (bicyclic) bond motifs is 1. The van der Waals surface area contributed by atoms with Gasteiger partial charge in [-0.25, -0.2) is 9.97 Å². The van der Waals surface area contributed by atoms with Crippen molar-refractivity contribution >= 4 is 17.8 Å². The molecule has 2 amide bonds. The van der Waals surface area contributed by atoms with Gasteiger partial charge in [0.05, 0.1) is 12.2 Å². The van der Waals surface area contributed by atoms with E-state index in [1.165, 1.54) is 9.47 Å². The number of carbonyl (C=O) groups is 2. The number of rotatable bonds is 3. The Morgan fingerprint density at radius 3 is 2.33 bits per heavy atom. The molecule has 0 unspecified atom stereocenters. The molecule has 4 heterocycles. The molecule has 2 aromatic heterocycles. The molecule has 0 radical (unpaired) electrons. The minimum absolute atomic E-state index is 0.0237. The molecule has 2 aliphatic heterocycles. The summed E-state index contributed by atoms with van der Waals surface area (Å²) in [6, 6.07) is 3.38. The van der Waals surface area contributed by atoms with Crippen LogP contribution in [0.15, 0.2) is 29.3 Å². The van der Waals surface area contributed by atoms with Gasteiger partial charge in [0.25, 0.3) is 17.4 Å². The molecular weight excluding hydrogens is 348 g/mol. The van der Waals surface area contributed by atoms with Gasteiger partial charge in [-0.15, -0.1) is 0 Å². The summed E-state index contributed by atoms with van der Waals surface area (Å²) >= 11 is 0. The summed E-state index contributed by atoms with van der Waals surface area (Å²) in [5, 5.41) is 0. The van der Waals surface area contributed by atoms with Crippen molar-refractivity contribution in [2.24, 2.45) is 7.05 Å². The van der Waals surface area contributed by atoms with E-state index in [4.69, 9.17) is 0 Å². The Labute approximate surface area is 155 Å². The predicted octanol–water partition coefficient (Wildman–Crippen LogP) is -0.141. The van der Waals surface area contributed by atoms with Crippen molar-refractivity contribution in [2.75, 3.05) is 37.7 Å². The van der Waals surface area contributed by atoms with Crippen molar-refractivity contribution in [3.8, 4) is 0 Å². The number of aryl methyl sites for hydroxylation is 1. The van der Waals surface area contributed by atoms with E-state index in [1.54, 1.807) is 38.5 Å². The molecule has 0 saturated carbocycles. The van der Waals surface area contributed by atoms with Crippen LogP contribution in [-0.2, 0) is 7.05 Å². The molecule has 140 valence electrons. The third kappa shape index (κ3) is 2.89. The normalized spacial score (nSPS) is 17.6. The van der Waals surface area contributed by atoms with Crippen LogP contribution in [0.3, 0.4) is 0 Å². The maximum absolute atomic E-state index is 12.7.